The number of halogens is 1. The summed E-state index contributed by atoms with van der Waals surface area (Å²) in [5.74, 6) is -0.362. The molecule has 264 valence electrons. The number of aliphatic hydroxyl groups is 1. The van der Waals surface area contributed by atoms with Crippen molar-refractivity contribution in [3.8, 4) is 28.7 Å². The van der Waals surface area contributed by atoms with Crippen LogP contribution in [0.25, 0.3) is 22.2 Å². The number of ether oxygens (including phenoxy) is 2. The van der Waals surface area contributed by atoms with Crippen LogP contribution in [-0.2, 0) is 24.6 Å². The van der Waals surface area contributed by atoms with E-state index in [9.17, 15) is 20.3 Å². The lowest BCUT2D eigenvalue weighted by Crippen LogP contribution is -2.44. The number of carboxylic acid groups (broad SMARTS) is 1. The topological polar surface area (TPSA) is 148 Å². The van der Waals surface area contributed by atoms with Crippen molar-refractivity contribution in [1.29, 1.82) is 5.26 Å². The summed E-state index contributed by atoms with van der Waals surface area (Å²) < 4.78 is 18.6. The number of pyridine rings is 1. The van der Waals surface area contributed by atoms with Gasteiger partial charge >= 0.3 is 5.97 Å². The number of aromatic nitrogens is 2. The van der Waals surface area contributed by atoms with E-state index in [1.165, 1.54) is 11.1 Å². The van der Waals surface area contributed by atoms with Gasteiger partial charge in [0, 0.05) is 62.3 Å². The van der Waals surface area contributed by atoms with Crippen LogP contribution in [0.1, 0.15) is 27.8 Å². The summed E-state index contributed by atoms with van der Waals surface area (Å²) in [6, 6.07) is 18.7. The molecule has 12 nitrogen and oxygen atoms in total. The number of fused-ring (bicyclic) bond motifs is 1. The van der Waals surface area contributed by atoms with Gasteiger partial charge in [-0.3, -0.25) is 14.7 Å². The molecule has 6 rings (SSSR count). The summed E-state index contributed by atoms with van der Waals surface area (Å²) in [6.07, 6.45) is 3.07. The highest BCUT2D eigenvalue weighted by molar-refractivity contribution is 6.32. The van der Waals surface area contributed by atoms with Crippen LogP contribution in [0.4, 0.5) is 6.01 Å². The molecular formula is C38H39ClN6O6. The Hall–Kier alpha value is -5.19. The Bertz CT molecular complexity index is 2070. The van der Waals surface area contributed by atoms with E-state index in [0.29, 0.717) is 39.2 Å². The summed E-state index contributed by atoms with van der Waals surface area (Å²) in [4.78, 5) is 26.6. The molecule has 2 N–H and O–H groups in total. The third-order valence-electron chi connectivity index (χ3n) is 9.13. The van der Waals surface area contributed by atoms with Crippen LogP contribution in [0.15, 0.2) is 71.4 Å². The molecule has 1 saturated heterocycles. The first-order valence-corrected chi connectivity index (χ1v) is 16.9. The fraction of sp³-hybridized carbons (Fsp3) is 0.316. The molecular weight excluding hydrogens is 672 g/mol. The van der Waals surface area contributed by atoms with E-state index < -0.39 is 18.6 Å². The highest BCUT2D eigenvalue weighted by atomic mass is 35.5. The monoisotopic (exact) mass is 710 g/mol. The standard InChI is InChI=1S/C38H39ClN6O6/c1-24-28(5-4-6-30(24)27-7-8-34-32(15-27)42-38(51-34)45-11-9-43(2)10-12-45)23-50-36-16-35(49-22-26-13-25(17-40)18-41-19-26)29(14-31(36)39)20-44(3)33(21-46)37(47)48/h4-8,13-16,18-19,33,46H,9-12,20-23H2,1-3H3,(H,47,48). The number of aliphatic hydroxyl groups excluding tert-OH is 1. The van der Waals surface area contributed by atoms with Crippen LogP contribution >= 0.6 is 11.6 Å². The first-order valence-electron chi connectivity index (χ1n) is 16.5. The molecule has 0 aliphatic carbocycles. The van der Waals surface area contributed by atoms with Crippen LogP contribution in [0, 0.1) is 18.3 Å². The van der Waals surface area contributed by atoms with Crippen molar-refractivity contribution in [3.63, 3.8) is 0 Å². The van der Waals surface area contributed by atoms with Crippen LogP contribution in [0.3, 0.4) is 0 Å². The number of likely N-dealkylation sites (N-methyl/N-ethyl adjacent to an activating group) is 2. The van der Waals surface area contributed by atoms with Crippen molar-refractivity contribution in [1.82, 2.24) is 19.8 Å². The van der Waals surface area contributed by atoms with E-state index >= 15 is 0 Å². The second-order valence-corrected chi connectivity index (χ2v) is 13.1. The largest absolute Gasteiger partial charge is 0.488 e. The number of hydrogen-bond donors (Lipinski definition) is 2. The number of carbonyl (C=O) groups is 1. The maximum absolute atomic E-state index is 11.7. The zero-order valence-electron chi connectivity index (χ0n) is 28.7. The molecule has 0 saturated carbocycles. The summed E-state index contributed by atoms with van der Waals surface area (Å²) in [5, 5.41) is 28.8. The zero-order chi connectivity index (χ0) is 36.1. The zero-order valence-corrected chi connectivity index (χ0v) is 29.4. The van der Waals surface area contributed by atoms with E-state index in [1.54, 1.807) is 31.4 Å². The minimum atomic E-state index is -1.15. The SMILES string of the molecule is Cc1c(COc2cc(OCc3cncc(C#N)c3)c(CN(C)C(CO)C(=O)O)cc2Cl)cccc1-c1ccc2oc(N3CCN(C)CC3)nc2c1. The van der Waals surface area contributed by atoms with Crippen molar-refractivity contribution in [2.45, 2.75) is 32.7 Å². The van der Waals surface area contributed by atoms with Gasteiger partial charge in [0.05, 0.1) is 17.2 Å². The lowest BCUT2D eigenvalue weighted by Gasteiger charge is -2.31. The molecule has 2 aromatic heterocycles. The normalized spacial score (nSPS) is 14.1. The average Bonchev–Trinajstić information content (AvgIpc) is 3.55. The molecule has 1 unspecified atom stereocenters. The molecule has 3 aromatic carbocycles. The molecule has 3 heterocycles. The number of nitriles is 1. The Balaban J connectivity index is 1.23. The lowest BCUT2D eigenvalue weighted by molar-refractivity contribution is -0.144. The van der Waals surface area contributed by atoms with Gasteiger partial charge in [0.25, 0.3) is 6.01 Å². The number of benzene rings is 3. The number of hydrogen-bond acceptors (Lipinski definition) is 11. The van der Waals surface area contributed by atoms with Crippen LogP contribution in [0.2, 0.25) is 5.02 Å². The van der Waals surface area contributed by atoms with Crippen LogP contribution in [0.5, 0.6) is 11.5 Å². The number of anilines is 1. The summed E-state index contributed by atoms with van der Waals surface area (Å²) >= 11 is 6.74. The quantitative estimate of drug-likeness (QED) is 0.159. The van der Waals surface area contributed by atoms with Crippen LogP contribution < -0.4 is 14.4 Å². The third kappa shape index (κ3) is 8.24. The Morgan fingerprint density at radius 1 is 1.06 bits per heavy atom. The number of aliphatic carboxylic acids is 1. The maximum Gasteiger partial charge on any atom is 0.323 e. The Kier molecular flexibility index (Phi) is 11.0. The first kappa shape index (κ1) is 35.6. The predicted molar refractivity (Wildman–Crippen MR) is 193 cm³/mol. The fourth-order valence-corrected chi connectivity index (χ4v) is 6.28. The molecule has 1 atom stereocenters. The van der Waals surface area contributed by atoms with E-state index in [0.717, 1.165) is 59.5 Å². The number of rotatable bonds is 13. The Morgan fingerprint density at radius 3 is 2.59 bits per heavy atom. The highest BCUT2D eigenvalue weighted by Gasteiger charge is 2.24. The van der Waals surface area contributed by atoms with Gasteiger partial charge in [-0.2, -0.15) is 10.2 Å². The molecule has 0 radical (unpaired) electrons. The predicted octanol–water partition coefficient (Wildman–Crippen LogP) is 5.51. The van der Waals surface area contributed by atoms with E-state index in [1.807, 2.05) is 24.3 Å². The average molecular weight is 711 g/mol. The van der Waals surface area contributed by atoms with Crippen molar-refractivity contribution in [2.24, 2.45) is 0 Å². The molecule has 5 aromatic rings. The molecule has 0 amide bonds. The molecule has 1 fully saturated rings. The van der Waals surface area contributed by atoms with Gasteiger partial charge in [0.1, 0.15) is 42.3 Å². The summed E-state index contributed by atoms with van der Waals surface area (Å²) in [7, 11) is 3.71. The third-order valence-corrected chi connectivity index (χ3v) is 9.43. The smallest absolute Gasteiger partial charge is 0.323 e. The number of nitrogens with zero attached hydrogens (tertiary/aromatic N) is 6. The van der Waals surface area contributed by atoms with Gasteiger partial charge in [-0.15, -0.1) is 0 Å². The molecule has 0 bridgehead atoms. The van der Waals surface area contributed by atoms with Crippen molar-refractivity contribution >= 4 is 34.7 Å². The van der Waals surface area contributed by atoms with Crippen molar-refractivity contribution < 1.29 is 28.9 Å². The number of piperazine rings is 1. The van der Waals surface area contributed by atoms with Gasteiger partial charge < -0.3 is 33.9 Å². The van der Waals surface area contributed by atoms with Crippen molar-refractivity contribution in [3.05, 3.63) is 99.8 Å². The van der Waals surface area contributed by atoms with E-state index in [4.69, 9.17) is 30.5 Å². The first-order chi connectivity index (χ1) is 24.6. The van der Waals surface area contributed by atoms with E-state index in [-0.39, 0.29) is 19.8 Å². The number of oxazole rings is 1. The summed E-state index contributed by atoms with van der Waals surface area (Å²) in [6.45, 7) is 5.60. The second kappa shape index (κ2) is 15.8. The second-order valence-electron chi connectivity index (χ2n) is 12.7. The van der Waals surface area contributed by atoms with E-state index in [2.05, 4.69) is 47.0 Å². The van der Waals surface area contributed by atoms with Gasteiger partial charge in [-0.1, -0.05) is 35.9 Å². The van der Waals surface area contributed by atoms with Gasteiger partial charge in [-0.05, 0) is 67.5 Å². The lowest BCUT2D eigenvalue weighted by atomic mass is 9.96. The van der Waals surface area contributed by atoms with Gasteiger partial charge in [0.2, 0.25) is 0 Å². The molecule has 1 aliphatic heterocycles. The minimum absolute atomic E-state index is 0.0938. The Labute approximate surface area is 301 Å². The molecule has 1 aliphatic rings. The Morgan fingerprint density at radius 2 is 1.84 bits per heavy atom. The molecule has 51 heavy (non-hydrogen) atoms. The molecule has 0 spiro atoms. The highest BCUT2D eigenvalue weighted by Crippen LogP contribution is 2.36. The van der Waals surface area contributed by atoms with Gasteiger partial charge in [0.15, 0.2) is 5.58 Å². The summed E-state index contributed by atoms with van der Waals surface area (Å²) in [5.41, 5.74) is 7.27. The van der Waals surface area contributed by atoms with Crippen LogP contribution in [-0.4, -0.2) is 88.9 Å². The maximum atomic E-state index is 11.7. The van der Waals surface area contributed by atoms with Gasteiger partial charge in [-0.25, -0.2) is 0 Å². The van der Waals surface area contributed by atoms with Crippen molar-refractivity contribution in [2.75, 3.05) is 51.8 Å². The molecule has 13 heteroatoms. The fourth-order valence-electron chi connectivity index (χ4n) is 6.04. The number of carboxylic acids is 1. The minimum Gasteiger partial charge on any atom is -0.488 e.